The molecule has 0 aromatic heterocycles. The monoisotopic (exact) mass is 308 g/mol. The molecule has 0 saturated heterocycles. The number of nitro groups is 1. The molecule has 2 aromatic rings. The Labute approximate surface area is 126 Å². The molecule has 0 fully saturated rings. The van der Waals surface area contributed by atoms with Gasteiger partial charge in [0.15, 0.2) is 0 Å². The first kappa shape index (κ1) is 15.4. The van der Waals surface area contributed by atoms with E-state index < -0.39 is 4.92 Å². The smallest absolute Gasteiger partial charge is 0.273 e. The highest BCUT2D eigenvalue weighted by molar-refractivity contribution is 6.30. The minimum absolute atomic E-state index is 0.0257. The average Bonchev–Trinajstić information content (AvgIpc) is 2.45. The molecule has 21 heavy (non-hydrogen) atoms. The summed E-state index contributed by atoms with van der Waals surface area (Å²) in [6.07, 6.45) is 0.515. The molecule has 2 aromatic carbocycles. The van der Waals surface area contributed by atoms with Gasteiger partial charge in [-0.1, -0.05) is 29.8 Å². The van der Waals surface area contributed by atoms with Gasteiger partial charge < -0.3 is 5.32 Å². The van der Waals surface area contributed by atoms with E-state index in [1.165, 1.54) is 18.2 Å². The van der Waals surface area contributed by atoms with Crippen molar-refractivity contribution in [3.8, 4) is 0 Å². The summed E-state index contributed by atoms with van der Waals surface area (Å²) in [6.45, 7) is 0.829. The highest BCUT2D eigenvalue weighted by Gasteiger charge is 2.13. The first-order valence-corrected chi connectivity index (χ1v) is 6.82. The second kappa shape index (κ2) is 7.15. The topological polar surface area (TPSA) is 55.2 Å². The van der Waals surface area contributed by atoms with E-state index in [1.807, 2.05) is 0 Å². The van der Waals surface area contributed by atoms with Crippen LogP contribution in [0, 0.1) is 15.9 Å². The Kier molecular flexibility index (Phi) is 5.25. The van der Waals surface area contributed by atoms with Gasteiger partial charge >= 0.3 is 0 Å². The van der Waals surface area contributed by atoms with Crippen molar-refractivity contribution in [1.82, 2.24) is 5.32 Å². The molecule has 0 aliphatic carbocycles. The Morgan fingerprint density at radius 2 is 1.95 bits per heavy atom. The van der Waals surface area contributed by atoms with E-state index in [-0.39, 0.29) is 11.5 Å². The lowest BCUT2D eigenvalue weighted by Gasteiger charge is -2.07. The number of nitro benzene ring substituents is 1. The molecule has 0 radical (unpaired) electrons. The van der Waals surface area contributed by atoms with Crippen LogP contribution in [0.15, 0.2) is 42.5 Å². The third-order valence-electron chi connectivity index (χ3n) is 3.08. The highest BCUT2D eigenvalue weighted by atomic mass is 35.5. The molecule has 0 aliphatic heterocycles. The summed E-state index contributed by atoms with van der Waals surface area (Å²) in [7, 11) is 0. The molecule has 1 N–H and O–H groups in total. The Balaban J connectivity index is 1.93. The lowest BCUT2D eigenvalue weighted by atomic mass is 10.1. The maximum atomic E-state index is 13.4. The molecule has 0 amide bonds. The van der Waals surface area contributed by atoms with E-state index in [2.05, 4.69) is 5.32 Å². The molecule has 0 bridgehead atoms. The Bertz CT molecular complexity index is 649. The van der Waals surface area contributed by atoms with Gasteiger partial charge in [-0.05, 0) is 36.7 Å². The van der Waals surface area contributed by atoms with Crippen LogP contribution < -0.4 is 5.32 Å². The van der Waals surface area contributed by atoms with Crippen LogP contribution in [0.4, 0.5) is 10.1 Å². The van der Waals surface area contributed by atoms with Crippen LogP contribution in [-0.4, -0.2) is 11.5 Å². The van der Waals surface area contributed by atoms with Gasteiger partial charge in [0.25, 0.3) is 5.69 Å². The summed E-state index contributed by atoms with van der Waals surface area (Å²) in [6, 6.07) is 11.0. The minimum Gasteiger partial charge on any atom is -0.312 e. The third-order valence-corrected chi connectivity index (χ3v) is 3.32. The third kappa shape index (κ3) is 4.24. The second-order valence-electron chi connectivity index (χ2n) is 4.55. The zero-order chi connectivity index (χ0) is 15.2. The van der Waals surface area contributed by atoms with E-state index in [0.717, 1.165) is 0 Å². The van der Waals surface area contributed by atoms with Crippen LogP contribution in [0.5, 0.6) is 0 Å². The van der Waals surface area contributed by atoms with Crippen molar-refractivity contribution in [2.75, 3.05) is 6.54 Å². The van der Waals surface area contributed by atoms with E-state index in [9.17, 15) is 14.5 Å². The fraction of sp³-hybridized carbons (Fsp3) is 0.200. The number of benzene rings is 2. The van der Waals surface area contributed by atoms with Gasteiger partial charge in [-0.3, -0.25) is 10.1 Å². The molecule has 0 heterocycles. The van der Waals surface area contributed by atoms with Gasteiger partial charge in [0.1, 0.15) is 5.82 Å². The quantitative estimate of drug-likeness (QED) is 0.503. The largest absolute Gasteiger partial charge is 0.312 e. The van der Waals surface area contributed by atoms with Crippen molar-refractivity contribution in [3.63, 3.8) is 0 Å². The maximum Gasteiger partial charge on any atom is 0.273 e. The summed E-state index contributed by atoms with van der Waals surface area (Å²) >= 11 is 5.85. The summed E-state index contributed by atoms with van der Waals surface area (Å²) in [5, 5.41) is 14.4. The molecular weight excluding hydrogens is 295 g/mol. The number of nitrogens with one attached hydrogen (secondary N) is 1. The second-order valence-corrected chi connectivity index (χ2v) is 4.98. The first-order valence-electron chi connectivity index (χ1n) is 6.45. The Morgan fingerprint density at radius 1 is 1.19 bits per heavy atom. The molecule has 2 rings (SSSR count). The van der Waals surface area contributed by atoms with Crippen LogP contribution in [0.2, 0.25) is 5.02 Å². The van der Waals surface area contributed by atoms with Crippen LogP contribution in [0.25, 0.3) is 0 Å². The summed E-state index contributed by atoms with van der Waals surface area (Å²) < 4.78 is 13.4. The zero-order valence-electron chi connectivity index (χ0n) is 11.2. The van der Waals surface area contributed by atoms with E-state index >= 15 is 0 Å². The summed E-state index contributed by atoms with van der Waals surface area (Å²) in [5.41, 5.74) is 1.16. The van der Waals surface area contributed by atoms with Gasteiger partial charge in [0.2, 0.25) is 0 Å². The molecule has 0 saturated carbocycles. The predicted octanol–water partition coefficient (Wildman–Crippen LogP) is 3.72. The highest BCUT2D eigenvalue weighted by Crippen LogP contribution is 2.22. The van der Waals surface area contributed by atoms with Crippen molar-refractivity contribution in [3.05, 3.63) is 74.5 Å². The van der Waals surface area contributed by atoms with Crippen LogP contribution in [0.3, 0.4) is 0 Å². The van der Waals surface area contributed by atoms with Crippen LogP contribution >= 0.6 is 11.6 Å². The van der Waals surface area contributed by atoms with Gasteiger partial charge in [-0.2, -0.15) is 0 Å². The SMILES string of the molecule is O=[N+]([O-])c1ccc(Cl)cc1CNCCc1ccccc1F. The van der Waals surface area contributed by atoms with Crippen molar-refractivity contribution in [2.24, 2.45) is 0 Å². The van der Waals surface area contributed by atoms with Gasteiger partial charge in [0, 0.05) is 23.2 Å². The first-order chi connectivity index (χ1) is 10.1. The van der Waals surface area contributed by atoms with Crippen LogP contribution in [0.1, 0.15) is 11.1 Å². The molecule has 6 heteroatoms. The van der Waals surface area contributed by atoms with E-state index in [1.54, 1.807) is 24.3 Å². The lowest BCUT2D eigenvalue weighted by molar-refractivity contribution is -0.385. The van der Waals surface area contributed by atoms with Gasteiger partial charge in [-0.25, -0.2) is 4.39 Å². The lowest BCUT2D eigenvalue weighted by Crippen LogP contribution is -2.18. The fourth-order valence-electron chi connectivity index (χ4n) is 2.02. The molecule has 0 unspecified atom stereocenters. The average molecular weight is 309 g/mol. The molecule has 0 spiro atoms. The zero-order valence-corrected chi connectivity index (χ0v) is 11.9. The van der Waals surface area contributed by atoms with Crippen molar-refractivity contribution < 1.29 is 9.31 Å². The van der Waals surface area contributed by atoms with Crippen molar-refractivity contribution >= 4 is 17.3 Å². The fourth-order valence-corrected chi connectivity index (χ4v) is 2.22. The molecule has 110 valence electrons. The number of halogens is 2. The van der Waals surface area contributed by atoms with Gasteiger partial charge in [0.05, 0.1) is 4.92 Å². The normalized spacial score (nSPS) is 10.6. The summed E-state index contributed by atoms with van der Waals surface area (Å²) in [5.74, 6) is -0.243. The van der Waals surface area contributed by atoms with E-state index in [4.69, 9.17) is 11.6 Å². The van der Waals surface area contributed by atoms with Crippen molar-refractivity contribution in [2.45, 2.75) is 13.0 Å². The number of hydrogen-bond acceptors (Lipinski definition) is 3. The van der Waals surface area contributed by atoms with Gasteiger partial charge in [-0.15, -0.1) is 0 Å². The molecule has 4 nitrogen and oxygen atoms in total. The summed E-state index contributed by atoms with van der Waals surface area (Å²) in [4.78, 5) is 10.5. The Hall–Kier alpha value is -1.98. The van der Waals surface area contributed by atoms with Crippen molar-refractivity contribution in [1.29, 1.82) is 0 Å². The molecule has 0 atom stereocenters. The predicted molar refractivity (Wildman–Crippen MR) is 79.9 cm³/mol. The van der Waals surface area contributed by atoms with Crippen LogP contribution in [-0.2, 0) is 13.0 Å². The number of hydrogen-bond donors (Lipinski definition) is 1. The molecule has 0 aliphatic rings. The maximum absolute atomic E-state index is 13.4. The Morgan fingerprint density at radius 3 is 2.67 bits per heavy atom. The number of nitrogens with zero attached hydrogens (tertiary/aromatic N) is 1. The number of rotatable bonds is 6. The molecular formula is C15H14ClFN2O2. The standard InChI is InChI=1S/C15H14ClFN2O2/c16-13-5-6-15(19(20)21)12(9-13)10-18-8-7-11-3-1-2-4-14(11)17/h1-6,9,18H,7-8,10H2. The van der Waals surface area contributed by atoms with E-state index in [0.29, 0.717) is 35.7 Å². The minimum atomic E-state index is -0.440.